The number of carboxylic acid groups (broad SMARTS) is 1. The zero-order valence-electron chi connectivity index (χ0n) is 8.49. The molecule has 2 aliphatic rings. The van der Waals surface area contributed by atoms with Crippen molar-refractivity contribution in [1.29, 1.82) is 0 Å². The molecule has 2 unspecified atom stereocenters. The molecule has 4 nitrogen and oxygen atoms in total. The fraction of sp³-hybridized carbons (Fsp3) is 0.600. The summed E-state index contributed by atoms with van der Waals surface area (Å²) >= 11 is 0. The van der Waals surface area contributed by atoms with Crippen LogP contribution in [0.1, 0.15) is 12.8 Å². The van der Waals surface area contributed by atoms with E-state index >= 15 is 0 Å². The molecular weight excluding hydrogens is 218 g/mol. The molecular formula is C10H12F2N2O2. The number of rotatable bonds is 3. The largest absolute Gasteiger partial charge is 0.480 e. The summed E-state index contributed by atoms with van der Waals surface area (Å²) in [7, 11) is 0. The van der Waals surface area contributed by atoms with Crippen LogP contribution in [-0.4, -0.2) is 29.8 Å². The van der Waals surface area contributed by atoms with Crippen LogP contribution in [0.15, 0.2) is 16.3 Å². The van der Waals surface area contributed by atoms with Gasteiger partial charge in [-0.2, -0.15) is 0 Å². The van der Waals surface area contributed by atoms with Crippen molar-refractivity contribution in [2.45, 2.75) is 19.3 Å². The van der Waals surface area contributed by atoms with Crippen molar-refractivity contribution in [2.75, 3.05) is 6.54 Å². The Kier molecular flexibility index (Phi) is 2.65. The molecule has 0 saturated heterocycles. The normalized spacial score (nSPS) is 33.1. The summed E-state index contributed by atoms with van der Waals surface area (Å²) in [4.78, 5) is 14.2. The first-order chi connectivity index (χ1) is 7.50. The van der Waals surface area contributed by atoms with Gasteiger partial charge in [0.25, 0.3) is 6.43 Å². The summed E-state index contributed by atoms with van der Waals surface area (Å²) in [5, 5.41) is 8.48. The third-order valence-electron chi connectivity index (χ3n) is 3.01. The lowest BCUT2D eigenvalue weighted by Gasteiger charge is -2.08. The number of carboxylic acids is 1. The third kappa shape index (κ3) is 1.91. The Bertz CT molecular complexity index is 390. The van der Waals surface area contributed by atoms with Gasteiger partial charge in [-0.1, -0.05) is 0 Å². The van der Waals surface area contributed by atoms with E-state index in [1.165, 1.54) is 0 Å². The van der Waals surface area contributed by atoms with Crippen LogP contribution in [0.2, 0.25) is 0 Å². The van der Waals surface area contributed by atoms with E-state index in [9.17, 15) is 13.6 Å². The number of halogens is 2. The Balaban J connectivity index is 2.24. The molecule has 2 rings (SSSR count). The number of allylic oxidation sites excluding steroid dienone is 2. The number of nitrogens with zero attached hydrogens (tertiary/aromatic N) is 1. The first kappa shape index (κ1) is 11.0. The van der Waals surface area contributed by atoms with Gasteiger partial charge in [-0.3, -0.25) is 9.79 Å². The summed E-state index contributed by atoms with van der Waals surface area (Å²) in [6.07, 6.45) is -1.24. The fourth-order valence-electron chi connectivity index (χ4n) is 2.21. The third-order valence-corrected chi connectivity index (χ3v) is 3.01. The summed E-state index contributed by atoms with van der Waals surface area (Å²) in [6, 6.07) is 0. The van der Waals surface area contributed by atoms with E-state index in [0.717, 1.165) is 6.42 Å². The second-order valence-electron chi connectivity index (χ2n) is 4.13. The number of alkyl halides is 2. The predicted octanol–water partition coefficient (Wildman–Crippen LogP) is 1.03. The molecule has 0 aromatic rings. The van der Waals surface area contributed by atoms with Gasteiger partial charge in [0.15, 0.2) is 0 Å². The van der Waals surface area contributed by atoms with Gasteiger partial charge in [-0.15, -0.1) is 0 Å². The molecule has 2 fully saturated rings. The van der Waals surface area contributed by atoms with E-state index in [-0.39, 0.29) is 12.5 Å². The lowest BCUT2D eigenvalue weighted by Crippen LogP contribution is -2.16. The number of aliphatic carboxylic acids is 1. The topological polar surface area (TPSA) is 75.7 Å². The van der Waals surface area contributed by atoms with Crippen LogP contribution >= 0.6 is 0 Å². The number of nitrogens with two attached hydrogens (primary N) is 1. The minimum absolute atomic E-state index is 0.0848. The molecule has 2 atom stereocenters. The lowest BCUT2D eigenvalue weighted by atomic mass is 10.1. The van der Waals surface area contributed by atoms with Crippen LogP contribution in [0.25, 0.3) is 0 Å². The Morgan fingerprint density at radius 1 is 1.62 bits per heavy atom. The molecule has 0 radical (unpaired) electrons. The first-order valence-corrected chi connectivity index (χ1v) is 5.04. The van der Waals surface area contributed by atoms with Crippen molar-refractivity contribution in [2.24, 2.45) is 22.6 Å². The van der Waals surface area contributed by atoms with Crippen LogP contribution in [0.5, 0.6) is 0 Å². The van der Waals surface area contributed by atoms with E-state index in [2.05, 4.69) is 4.99 Å². The van der Waals surface area contributed by atoms with Crippen LogP contribution < -0.4 is 5.73 Å². The molecule has 0 heterocycles. The van der Waals surface area contributed by atoms with Gasteiger partial charge in [-0.25, -0.2) is 8.78 Å². The molecule has 2 saturated carbocycles. The Labute approximate surface area is 90.8 Å². The number of hydrogen-bond donors (Lipinski definition) is 2. The molecule has 0 bridgehead atoms. The number of fused-ring (bicyclic) bond motifs is 1. The molecule has 0 aromatic carbocycles. The van der Waals surface area contributed by atoms with Crippen LogP contribution in [0.4, 0.5) is 8.78 Å². The lowest BCUT2D eigenvalue weighted by molar-refractivity contribution is -0.135. The average Bonchev–Trinajstić information content (AvgIpc) is 2.86. The highest BCUT2D eigenvalue weighted by atomic mass is 19.3. The predicted molar refractivity (Wildman–Crippen MR) is 53.4 cm³/mol. The van der Waals surface area contributed by atoms with Crippen molar-refractivity contribution in [3.05, 3.63) is 11.3 Å². The van der Waals surface area contributed by atoms with E-state index in [4.69, 9.17) is 10.8 Å². The minimum atomic E-state index is -2.69. The monoisotopic (exact) mass is 230 g/mol. The molecule has 16 heavy (non-hydrogen) atoms. The first-order valence-electron chi connectivity index (χ1n) is 5.04. The molecule has 2 aliphatic carbocycles. The maximum Gasteiger partial charge on any atom is 0.325 e. The molecule has 3 N–H and O–H groups in total. The van der Waals surface area contributed by atoms with Gasteiger partial charge in [0.05, 0.1) is 5.70 Å². The van der Waals surface area contributed by atoms with E-state index < -0.39 is 18.1 Å². The summed E-state index contributed by atoms with van der Waals surface area (Å²) in [5.41, 5.74) is 5.76. The highest BCUT2D eigenvalue weighted by Gasteiger charge is 2.49. The summed E-state index contributed by atoms with van der Waals surface area (Å²) in [6.45, 7) is -0.380. The van der Waals surface area contributed by atoms with E-state index in [0.29, 0.717) is 23.6 Å². The molecule has 0 amide bonds. The number of hydrogen-bond acceptors (Lipinski definition) is 3. The average molecular weight is 230 g/mol. The van der Waals surface area contributed by atoms with E-state index in [1.807, 2.05) is 0 Å². The van der Waals surface area contributed by atoms with Gasteiger partial charge in [-0.05, 0) is 24.7 Å². The quantitative estimate of drug-likeness (QED) is 0.760. The van der Waals surface area contributed by atoms with Crippen molar-refractivity contribution >= 4 is 11.7 Å². The number of carbonyl (C=O) groups is 1. The minimum Gasteiger partial charge on any atom is -0.480 e. The SMILES string of the molecule is NC(=C1C(=NCC(=O)O)CC2CC12)C(F)F. The van der Waals surface area contributed by atoms with Crippen molar-refractivity contribution in [3.8, 4) is 0 Å². The van der Waals surface area contributed by atoms with Gasteiger partial charge in [0.2, 0.25) is 0 Å². The molecule has 0 spiro atoms. The van der Waals surface area contributed by atoms with Gasteiger partial charge in [0.1, 0.15) is 6.54 Å². The van der Waals surface area contributed by atoms with Gasteiger partial charge < -0.3 is 10.8 Å². The summed E-state index contributed by atoms with van der Waals surface area (Å²) < 4.78 is 25.0. The fourth-order valence-corrected chi connectivity index (χ4v) is 2.21. The van der Waals surface area contributed by atoms with Crippen LogP contribution in [0.3, 0.4) is 0 Å². The second kappa shape index (κ2) is 3.84. The molecule has 0 aliphatic heterocycles. The van der Waals surface area contributed by atoms with Crippen LogP contribution in [0, 0.1) is 11.8 Å². The van der Waals surface area contributed by atoms with Crippen molar-refractivity contribution in [1.82, 2.24) is 0 Å². The van der Waals surface area contributed by atoms with Crippen LogP contribution in [-0.2, 0) is 4.79 Å². The molecule has 88 valence electrons. The maximum absolute atomic E-state index is 12.5. The molecule has 6 heteroatoms. The zero-order valence-corrected chi connectivity index (χ0v) is 8.49. The number of aliphatic imine (C=N–C) groups is 1. The highest BCUT2D eigenvalue weighted by molar-refractivity contribution is 6.05. The Morgan fingerprint density at radius 2 is 2.31 bits per heavy atom. The summed E-state index contributed by atoms with van der Waals surface area (Å²) in [5.74, 6) is -0.635. The standard InChI is InChI=1S/C10H12F2N2O2/c11-10(12)9(13)8-5-1-4(5)2-6(8)14-3-7(15)16/h4-5,10H,1-3,13H2,(H,15,16). The Morgan fingerprint density at radius 3 is 2.88 bits per heavy atom. The van der Waals surface area contributed by atoms with Gasteiger partial charge >= 0.3 is 5.97 Å². The Hall–Kier alpha value is -1.46. The molecule has 0 aromatic heterocycles. The van der Waals surface area contributed by atoms with Crippen molar-refractivity contribution < 1.29 is 18.7 Å². The zero-order chi connectivity index (χ0) is 11.9. The smallest absolute Gasteiger partial charge is 0.325 e. The van der Waals surface area contributed by atoms with Gasteiger partial charge in [0, 0.05) is 11.3 Å². The maximum atomic E-state index is 12.5. The van der Waals surface area contributed by atoms with E-state index in [1.54, 1.807) is 0 Å². The van der Waals surface area contributed by atoms with Crippen molar-refractivity contribution in [3.63, 3.8) is 0 Å². The second-order valence-corrected chi connectivity index (χ2v) is 4.13. The highest BCUT2D eigenvalue weighted by Crippen LogP contribution is 2.54.